The van der Waals surface area contributed by atoms with Gasteiger partial charge in [-0.1, -0.05) is 0 Å². The molecule has 1 aromatic rings. The number of hydrogen-bond acceptors (Lipinski definition) is 2. The fourth-order valence-corrected chi connectivity index (χ4v) is 2.13. The quantitative estimate of drug-likeness (QED) is 0.807. The zero-order valence-corrected chi connectivity index (χ0v) is 9.43. The molecular weight excluding hydrogens is 214 g/mol. The van der Waals surface area contributed by atoms with Crippen LogP contribution in [0.15, 0.2) is 16.7 Å². The van der Waals surface area contributed by atoms with E-state index in [0.29, 0.717) is 11.6 Å². The minimum Gasteiger partial charge on any atom is -0.459 e. The Hall–Kier alpha value is -0.960. The van der Waals surface area contributed by atoms with Gasteiger partial charge in [0.05, 0.1) is 11.8 Å². The number of halogens is 1. The lowest BCUT2D eigenvalue weighted by atomic mass is 9.78. The maximum absolute atomic E-state index is 11.8. The normalized spacial score (nSPS) is 18.3. The molecule has 0 saturated heterocycles. The van der Waals surface area contributed by atoms with Crippen LogP contribution in [0.5, 0.6) is 0 Å². The summed E-state index contributed by atoms with van der Waals surface area (Å²) >= 11 is 5.86. The van der Waals surface area contributed by atoms with Gasteiger partial charge in [-0.15, -0.1) is 11.6 Å². The van der Waals surface area contributed by atoms with Crippen LogP contribution in [0.25, 0.3) is 0 Å². The maximum atomic E-state index is 11.8. The van der Waals surface area contributed by atoms with Crippen molar-refractivity contribution in [3.8, 4) is 0 Å². The molecule has 4 heteroatoms. The highest BCUT2D eigenvalue weighted by Crippen LogP contribution is 2.33. The van der Waals surface area contributed by atoms with E-state index in [1.54, 1.807) is 6.07 Å². The smallest absolute Gasteiger partial charge is 0.287 e. The van der Waals surface area contributed by atoms with Gasteiger partial charge in [0, 0.05) is 11.4 Å². The Bertz CT molecular complexity index is 363. The molecule has 0 spiro atoms. The molecular formula is C11H14ClNO2. The highest BCUT2D eigenvalue weighted by atomic mass is 35.5. The van der Waals surface area contributed by atoms with Crippen LogP contribution in [0.1, 0.15) is 35.4 Å². The molecule has 0 radical (unpaired) electrons. The summed E-state index contributed by atoms with van der Waals surface area (Å²) in [7, 11) is 0. The molecule has 1 saturated carbocycles. The van der Waals surface area contributed by atoms with Crippen LogP contribution in [0, 0.1) is 6.92 Å². The number of hydrogen-bond donors (Lipinski definition) is 1. The summed E-state index contributed by atoms with van der Waals surface area (Å²) < 4.78 is 5.13. The molecule has 1 aromatic heterocycles. The molecule has 0 bridgehead atoms. The first kappa shape index (κ1) is 10.6. The molecule has 1 fully saturated rings. The highest BCUT2D eigenvalue weighted by Gasteiger charge is 2.38. The molecule has 1 aliphatic rings. The third-order valence-electron chi connectivity index (χ3n) is 3.01. The summed E-state index contributed by atoms with van der Waals surface area (Å²) in [6.07, 6.45) is 4.58. The number of alkyl halides is 1. The summed E-state index contributed by atoms with van der Waals surface area (Å²) in [5, 5.41) is 2.96. The van der Waals surface area contributed by atoms with Crippen molar-refractivity contribution in [3.63, 3.8) is 0 Å². The van der Waals surface area contributed by atoms with Crippen molar-refractivity contribution in [3.05, 3.63) is 23.7 Å². The highest BCUT2D eigenvalue weighted by molar-refractivity contribution is 6.19. The third-order valence-corrected chi connectivity index (χ3v) is 3.53. The Morgan fingerprint density at radius 2 is 2.40 bits per heavy atom. The van der Waals surface area contributed by atoms with Gasteiger partial charge in [0.15, 0.2) is 5.76 Å². The molecule has 1 aliphatic carbocycles. The summed E-state index contributed by atoms with van der Waals surface area (Å²) in [5.74, 6) is 0.711. The van der Waals surface area contributed by atoms with Crippen LogP contribution < -0.4 is 5.32 Å². The number of carbonyl (C=O) groups excluding carboxylic acids is 1. The Morgan fingerprint density at radius 3 is 2.80 bits per heavy atom. The predicted octanol–water partition coefficient (Wildman–Crippen LogP) is 2.48. The van der Waals surface area contributed by atoms with Crippen LogP contribution in [0.4, 0.5) is 0 Å². The van der Waals surface area contributed by atoms with E-state index in [9.17, 15) is 4.79 Å². The first-order chi connectivity index (χ1) is 7.17. The molecule has 1 heterocycles. The van der Waals surface area contributed by atoms with E-state index in [-0.39, 0.29) is 11.4 Å². The van der Waals surface area contributed by atoms with E-state index in [0.717, 1.165) is 24.8 Å². The lowest BCUT2D eigenvalue weighted by molar-refractivity contribution is 0.0824. The van der Waals surface area contributed by atoms with Crippen molar-refractivity contribution in [1.29, 1.82) is 0 Å². The second-order valence-electron chi connectivity index (χ2n) is 4.15. The number of furan rings is 1. The van der Waals surface area contributed by atoms with Gasteiger partial charge in [0.2, 0.25) is 0 Å². The second-order valence-corrected chi connectivity index (χ2v) is 4.42. The van der Waals surface area contributed by atoms with Crippen molar-refractivity contribution in [2.24, 2.45) is 0 Å². The number of rotatable bonds is 3. The van der Waals surface area contributed by atoms with E-state index >= 15 is 0 Å². The minimum atomic E-state index is -0.197. The number of aryl methyl sites for hydroxylation is 1. The van der Waals surface area contributed by atoms with Crippen LogP contribution in [0.3, 0.4) is 0 Å². The monoisotopic (exact) mass is 227 g/mol. The summed E-state index contributed by atoms with van der Waals surface area (Å²) in [6.45, 7) is 1.85. The summed E-state index contributed by atoms with van der Waals surface area (Å²) in [4.78, 5) is 11.8. The van der Waals surface area contributed by atoms with Crippen molar-refractivity contribution >= 4 is 17.5 Å². The fraction of sp³-hybridized carbons (Fsp3) is 0.545. The van der Waals surface area contributed by atoms with Crippen molar-refractivity contribution in [2.75, 3.05) is 5.88 Å². The Balaban J connectivity index is 2.07. The van der Waals surface area contributed by atoms with Crippen molar-refractivity contribution in [2.45, 2.75) is 31.7 Å². The van der Waals surface area contributed by atoms with Crippen LogP contribution >= 0.6 is 11.6 Å². The Labute approximate surface area is 93.8 Å². The maximum Gasteiger partial charge on any atom is 0.287 e. The topological polar surface area (TPSA) is 42.2 Å². The largest absolute Gasteiger partial charge is 0.459 e. The number of carbonyl (C=O) groups is 1. The SMILES string of the molecule is Cc1ccoc1C(=O)NC1(CCl)CCC1. The molecule has 0 aromatic carbocycles. The summed E-state index contributed by atoms with van der Waals surface area (Å²) in [6, 6.07) is 1.78. The summed E-state index contributed by atoms with van der Waals surface area (Å²) in [5.41, 5.74) is 0.661. The van der Waals surface area contributed by atoms with Crippen molar-refractivity contribution in [1.82, 2.24) is 5.32 Å². The number of amides is 1. The zero-order valence-electron chi connectivity index (χ0n) is 8.68. The predicted molar refractivity (Wildman–Crippen MR) is 58.2 cm³/mol. The van der Waals surface area contributed by atoms with Gasteiger partial charge < -0.3 is 9.73 Å². The van der Waals surface area contributed by atoms with Gasteiger partial charge in [0.1, 0.15) is 0 Å². The molecule has 1 amide bonds. The van der Waals surface area contributed by atoms with Gasteiger partial charge in [-0.05, 0) is 32.3 Å². The average Bonchev–Trinajstić information content (AvgIpc) is 2.58. The van der Waals surface area contributed by atoms with Crippen LogP contribution in [-0.2, 0) is 0 Å². The van der Waals surface area contributed by atoms with Gasteiger partial charge in [-0.25, -0.2) is 0 Å². The lowest BCUT2D eigenvalue weighted by Crippen LogP contribution is -2.55. The molecule has 0 aliphatic heterocycles. The molecule has 1 N–H and O–H groups in total. The number of nitrogens with one attached hydrogen (secondary N) is 1. The fourth-order valence-electron chi connectivity index (χ4n) is 1.80. The second kappa shape index (κ2) is 3.89. The molecule has 82 valence electrons. The van der Waals surface area contributed by atoms with Gasteiger partial charge in [0.25, 0.3) is 5.91 Å². The van der Waals surface area contributed by atoms with E-state index in [1.807, 2.05) is 6.92 Å². The molecule has 2 rings (SSSR count). The van der Waals surface area contributed by atoms with E-state index in [2.05, 4.69) is 5.32 Å². The zero-order chi connectivity index (χ0) is 10.9. The van der Waals surface area contributed by atoms with Gasteiger partial charge in [-0.3, -0.25) is 4.79 Å². The first-order valence-electron chi connectivity index (χ1n) is 5.09. The van der Waals surface area contributed by atoms with Gasteiger partial charge in [-0.2, -0.15) is 0 Å². The lowest BCUT2D eigenvalue weighted by Gasteiger charge is -2.40. The van der Waals surface area contributed by atoms with Gasteiger partial charge >= 0.3 is 0 Å². The molecule has 3 nitrogen and oxygen atoms in total. The van der Waals surface area contributed by atoms with Crippen LogP contribution in [0.2, 0.25) is 0 Å². The molecule has 0 atom stereocenters. The Morgan fingerprint density at radius 1 is 1.67 bits per heavy atom. The van der Waals surface area contributed by atoms with E-state index in [1.165, 1.54) is 6.26 Å². The van der Waals surface area contributed by atoms with Crippen LogP contribution in [-0.4, -0.2) is 17.3 Å². The van der Waals surface area contributed by atoms with E-state index in [4.69, 9.17) is 16.0 Å². The third kappa shape index (κ3) is 1.88. The van der Waals surface area contributed by atoms with Crippen molar-refractivity contribution < 1.29 is 9.21 Å². The molecule has 15 heavy (non-hydrogen) atoms. The average molecular weight is 228 g/mol. The standard InChI is InChI=1S/C11H14ClNO2/c1-8-3-6-15-9(8)10(14)13-11(7-12)4-2-5-11/h3,6H,2,4-5,7H2,1H3,(H,13,14). The molecule has 0 unspecified atom stereocenters. The minimum absolute atomic E-state index is 0.155. The Kier molecular flexibility index (Phi) is 2.74. The van der Waals surface area contributed by atoms with E-state index < -0.39 is 0 Å². The first-order valence-corrected chi connectivity index (χ1v) is 5.63.